The zero-order valence-corrected chi connectivity index (χ0v) is 10.2. The number of rotatable bonds is 2. The van der Waals surface area contributed by atoms with E-state index in [0.29, 0.717) is 0 Å². The van der Waals surface area contributed by atoms with E-state index in [1.807, 2.05) is 11.6 Å². The van der Waals surface area contributed by atoms with Crippen LogP contribution in [0, 0.1) is 20.8 Å². The Morgan fingerprint density at radius 1 is 1.13 bits per heavy atom. The third-order valence-electron chi connectivity index (χ3n) is 2.65. The van der Waals surface area contributed by atoms with E-state index >= 15 is 0 Å². The second-order valence-corrected chi connectivity index (χ2v) is 4.96. The average Bonchev–Trinajstić information content (AvgIpc) is 2.63. The number of aromatic nitrogens is 1. The lowest BCUT2D eigenvalue weighted by molar-refractivity contribution is 1.35. The van der Waals surface area contributed by atoms with Crippen LogP contribution in [0.2, 0.25) is 0 Å². The Labute approximate surface area is 95.4 Å². The molecule has 0 aliphatic heterocycles. The molecule has 0 radical (unpaired) electrons. The van der Waals surface area contributed by atoms with Crippen LogP contribution < -0.4 is 10.4 Å². The van der Waals surface area contributed by atoms with Crippen molar-refractivity contribution in [3.63, 3.8) is 0 Å². The van der Waals surface area contributed by atoms with E-state index in [9.17, 15) is 0 Å². The maximum Gasteiger partial charge on any atom is 0.230 e. The Hall–Kier alpha value is -1.09. The molecule has 76 valence electrons. The van der Waals surface area contributed by atoms with Crippen LogP contribution in [-0.2, 0) is 0 Å². The second kappa shape index (κ2) is 4.19. The van der Waals surface area contributed by atoms with Crippen LogP contribution >= 0.6 is 11.3 Å². The van der Waals surface area contributed by atoms with Crippen LogP contribution in [0.5, 0.6) is 0 Å². The predicted molar refractivity (Wildman–Crippen MR) is 69.2 cm³/mol. The minimum atomic E-state index is 0.968. The van der Waals surface area contributed by atoms with Crippen LogP contribution in [0.25, 0.3) is 0 Å². The van der Waals surface area contributed by atoms with E-state index in [1.165, 1.54) is 27.1 Å². The molecule has 0 aliphatic carbocycles. The van der Waals surface area contributed by atoms with Crippen molar-refractivity contribution in [2.45, 2.75) is 20.8 Å². The highest BCUT2D eigenvalue weighted by molar-refractivity contribution is 7.20. The molecule has 3 heteroatoms. The van der Waals surface area contributed by atoms with Gasteiger partial charge < -0.3 is 0 Å². The summed E-state index contributed by atoms with van der Waals surface area (Å²) >= 11 is 1.73. The van der Waals surface area contributed by atoms with Crippen LogP contribution in [0.15, 0.2) is 23.7 Å². The Morgan fingerprint density at radius 2 is 1.80 bits per heavy atom. The molecule has 0 unspecified atom stereocenters. The fourth-order valence-corrected chi connectivity index (χ4v) is 2.61. The normalized spacial score (nSPS) is 10.3. The minimum Gasteiger partial charge on any atom is -0.260 e. The third-order valence-corrected chi connectivity index (χ3v) is 3.43. The van der Waals surface area contributed by atoms with E-state index in [1.54, 1.807) is 11.3 Å². The molecule has 0 fully saturated rings. The van der Waals surface area contributed by atoms with Gasteiger partial charge in [-0.05, 0) is 20.8 Å². The molecule has 1 aromatic carbocycles. The first-order chi connectivity index (χ1) is 7.16. The van der Waals surface area contributed by atoms with Gasteiger partial charge in [0.2, 0.25) is 7.28 Å². The molecule has 0 spiro atoms. The summed E-state index contributed by atoms with van der Waals surface area (Å²) < 4.78 is 0. The number of thiazole rings is 1. The fourth-order valence-electron chi connectivity index (χ4n) is 1.98. The van der Waals surface area contributed by atoms with Gasteiger partial charge in [0, 0.05) is 11.6 Å². The monoisotopic (exact) mass is 215 g/mol. The standard InChI is InChI=1S/C12H14BNS/c1-8-6-9(2)11(10(3)7-8)13-12-14-4-5-15-12/h4-7,13H,1-3H3. The van der Waals surface area contributed by atoms with Crippen molar-refractivity contribution in [2.75, 3.05) is 0 Å². The molecule has 2 aromatic rings. The highest BCUT2D eigenvalue weighted by Gasteiger charge is 2.08. The number of nitrogens with zero attached hydrogens (tertiary/aromatic N) is 1. The lowest BCUT2D eigenvalue weighted by Gasteiger charge is -2.08. The maximum atomic E-state index is 4.33. The first kappa shape index (κ1) is 10.4. The molecule has 0 aliphatic rings. The summed E-state index contributed by atoms with van der Waals surface area (Å²) in [5, 5.41) is 2.04. The molecule has 15 heavy (non-hydrogen) atoms. The topological polar surface area (TPSA) is 12.9 Å². The van der Waals surface area contributed by atoms with Gasteiger partial charge in [-0.1, -0.05) is 34.3 Å². The quantitative estimate of drug-likeness (QED) is 0.691. The number of aryl methyl sites for hydroxylation is 3. The second-order valence-electron chi connectivity index (χ2n) is 3.98. The number of hydrogen-bond donors (Lipinski definition) is 0. The molecule has 0 atom stereocenters. The average molecular weight is 215 g/mol. The molecule has 1 heterocycles. The summed E-state index contributed by atoms with van der Waals surface area (Å²) in [4.78, 5) is 5.53. The Balaban J connectivity index is 2.36. The van der Waals surface area contributed by atoms with Crippen molar-refractivity contribution < 1.29 is 0 Å². The summed E-state index contributed by atoms with van der Waals surface area (Å²) in [7, 11) is 0.968. The molecular weight excluding hydrogens is 201 g/mol. The van der Waals surface area contributed by atoms with Crippen molar-refractivity contribution in [1.29, 1.82) is 0 Å². The predicted octanol–water partition coefficient (Wildman–Crippen LogP) is 1.46. The van der Waals surface area contributed by atoms with Gasteiger partial charge in [-0.2, -0.15) is 0 Å². The summed E-state index contributed by atoms with van der Waals surface area (Å²) in [5.41, 5.74) is 5.52. The van der Waals surface area contributed by atoms with E-state index < -0.39 is 0 Å². The van der Waals surface area contributed by atoms with Crippen molar-refractivity contribution >= 4 is 29.0 Å². The number of hydrogen-bond acceptors (Lipinski definition) is 2. The first-order valence-corrected chi connectivity index (χ1v) is 6.00. The van der Waals surface area contributed by atoms with Crippen LogP contribution in [0.1, 0.15) is 16.7 Å². The van der Waals surface area contributed by atoms with Gasteiger partial charge in [0.1, 0.15) is 0 Å². The van der Waals surface area contributed by atoms with E-state index in [4.69, 9.17) is 0 Å². The lowest BCUT2D eigenvalue weighted by Crippen LogP contribution is -2.30. The summed E-state index contributed by atoms with van der Waals surface area (Å²) in [6.07, 6.45) is 1.87. The summed E-state index contributed by atoms with van der Waals surface area (Å²) in [6.45, 7) is 6.51. The first-order valence-electron chi connectivity index (χ1n) is 5.12. The van der Waals surface area contributed by atoms with Gasteiger partial charge in [-0.25, -0.2) is 0 Å². The summed E-state index contributed by atoms with van der Waals surface area (Å²) in [6, 6.07) is 4.49. The Morgan fingerprint density at radius 3 is 2.33 bits per heavy atom. The van der Waals surface area contributed by atoms with E-state index in [-0.39, 0.29) is 0 Å². The number of benzene rings is 1. The van der Waals surface area contributed by atoms with Crippen LogP contribution in [-0.4, -0.2) is 12.3 Å². The zero-order chi connectivity index (χ0) is 10.8. The van der Waals surface area contributed by atoms with Crippen molar-refractivity contribution in [2.24, 2.45) is 0 Å². The van der Waals surface area contributed by atoms with Gasteiger partial charge in [0.25, 0.3) is 0 Å². The van der Waals surface area contributed by atoms with Crippen LogP contribution in [0.3, 0.4) is 0 Å². The molecule has 1 nitrogen and oxygen atoms in total. The summed E-state index contributed by atoms with van der Waals surface area (Å²) in [5.74, 6) is 0. The Bertz CT molecular complexity index is 439. The molecule has 2 rings (SSSR count). The fraction of sp³-hybridized carbons (Fsp3) is 0.250. The van der Waals surface area contributed by atoms with E-state index in [0.717, 1.165) is 7.28 Å². The smallest absolute Gasteiger partial charge is 0.230 e. The molecule has 0 N–H and O–H groups in total. The molecular formula is C12H14BNS. The van der Waals surface area contributed by atoms with Crippen molar-refractivity contribution in [3.8, 4) is 0 Å². The van der Waals surface area contributed by atoms with Gasteiger partial charge in [0.15, 0.2) is 0 Å². The van der Waals surface area contributed by atoms with Crippen molar-refractivity contribution in [1.82, 2.24) is 4.98 Å². The lowest BCUT2D eigenvalue weighted by atomic mass is 9.67. The van der Waals surface area contributed by atoms with Gasteiger partial charge in [-0.15, -0.1) is 11.3 Å². The van der Waals surface area contributed by atoms with E-state index in [2.05, 4.69) is 37.9 Å². The van der Waals surface area contributed by atoms with Crippen molar-refractivity contribution in [3.05, 3.63) is 40.4 Å². The molecule has 0 saturated carbocycles. The molecule has 0 saturated heterocycles. The highest BCUT2D eigenvalue weighted by Crippen LogP contribution is 2.05. The zero-order valence-electron chi connectivity index (χ0n) is 9.37. The largest absolute Gasteiger partial charge is 0.260 e. The van der Waals surface area contributed by atoms with Gasteiger partial charge in [0.05, 0.1) is 4.91 Å². The minimum absolute atomic E-state index is 0.968. The van der Waals surface area contributed by atoms with Crippen LogP contribution in [0.4, 0.5) is 0 Å². The third kappa shape index (κ3) is 2.29. The maximum absolute atomic E-state index is 4.33. The molecule has 0 bridgehead atoms. The Kier molecular flexibility index (Phi) is 2.92. The highest BCUT2D eigenvalue weighted by atomic mass is 32.1. The molecule has 1 aromatic heterocycles. The SMILES string of the molecule is Cc1cc(C)c(Bc2nccs2)c(C)c1. The molecule has 0 amide bonds. The van der Waals surface area contributed by atoms with Gasteiger partial charge >= 0.3 is 0 Å². The van der Waals surface area contributed by atoms with Gasteiger partial charge in [-0.3, -0.25) is 4.98 Å².